The Labute approximate surface area is 159 Å². The van der Waals surface area contributed by atoms with Gasteiger partial charge in [-0.2, -0.15) is 5.10 Å². The first-order chi connectivity index (χ1) is 13.7. The number of rotatable bonds is 3. The molecule has 4 heterocycles. The molecule has 0 saturated carbocycles. The van der Waals surface area contributed by atoms with E-state index in [0.717, 1.165) is 27.5 Å². The van der Waals surface area contributed by atoms with E-state index in [2.05, 4.69) is 20.4 Å². The second-order valence-electron chi connectivity index (χ2n) is 6.49. The molecule has 0 aliphatic carbocycles. The smallest absolute Gasteiger partial charge is 0.256 e. The molecule has 136 valence electrons. The molecule has 0 spiro atoms. The summed E-state index contributed by atoms with van der Waals surface area (Å²) in [7, 11) is 1.86. The van der Waals surface area contributed by atoms with Crippen LogP contribution in [0.5, 0.6) is 0 Å². The number of carbonyl (C=O) groups excluding carboxylic acids is 1. The number of aromatic nitrogens is 4. The van der Waals surface area contributed by atoms with Crippen LogP contribution in [-0.2, 0) is 7.05 Å². The van der Waals surface area contributed by atoms with Gasteiger partial charge in [-0.1, -0.05) is 6.07 Å². The number of amides is 1. The van der Waals surface area contributed by atoms with Crippen molar-refractivity contribution >= 4 is 33.6 Å². The van der Waals surface area contributed by atoms with Crippen molar-refractivity contribution in [1.29, 1.82) is 0 Å². The van der Waals surface area contributed by atoms with Crippen molar-refractivity contribution in [2.75, 3.05) is 5.32 Å². The first-order valence-corrected chi connectivity index (χ1v) is 8.70. The molecule has 7 heteroatoms. The lowest BCUT2D eigenvalue weighted by molar-refractivity contribution is 0.102. The fourth-order valence-electron chi connectivity index (χ4n) is 3.08. The second kappa shape index (κ2) is 6.31. The molecular weight excluding hydrogens is 354 g/mol. The highest BCUT2D eigenvalue weighted by Crippen LogP contribution is 2.22. The van der Waals surface area contributed by atoms with Gasteiger partial charge in [-0.15, -0.1) is 0 Å². The van der Waals surface area contributed by atoms with Crippen LogP contribution in [0.15, 0.2) is 71.7 Å². The van der Waals surface area contributed by atoms with Crippen molar-refractivity contribution in [3.8, 4) is 11.3 Å². The molecule has 1 amide bonds. The third-order valence-electron chi connectivity index (χ3n) is 4.53. The third-order valence-corrected chi connectivity index (χ3v) is 4.53. The number of fused-ring (bicyclic) bond motifs is 2. The first kappa shape index (κ1) is 16.2. The number of pyridine rings is 2. The van der Waals surface area contributed by atoms with Gasteiger partial charge < -0.3 is 9.73 Å². The van der Waals surface area contributed by atoms with Crippen molar-refractivity contribution in [3.05, 3.63) is 72.9 Å². The van der Waals surface area contributed by atoms with Crippen molar-refractivity contribution in [2.45, 2.75) is 0 Å². The van der Waals surface area contributed by atoms with Gasteiger partial charge in [0.05, 0.1) is 23.7 Å². The minimum absolute atomic E-state index is 0.256. The van der Waals surface area contributed by atoms with E-state index in [0.29, 0.717) is 17.0 Å². The van der Waals surface area contributed by atoms with Gasteiger partial charge in [-0.3, -0.25) is 9.48 Å². The molecule has 0 saturated heterocycles. The Morgan fingerprint density at radius 3 is 2.82 bits per heavy atom. The molecule has 0 atom stereocenters. The fraction of sp³-hybridized carbons (Fsp3) is 0.0476. The fourth-order valence-corrected chi connectivity index (χ4v) is 3.08. The molecule has 7 nitrogen and oxygen atoms in total. The molecule has 0 bridgehead atoms. The molecule has 5 rings (SSSR count). The van der Waals surface area contributed by atoms with Crippen LogP contribution in [0, 0.1) is 0 Å². The Kier molecular flexibility index (Phi) is 3.65. The molecule has 0 aliphatic heterocycles. The number of nitrogens with zero attached hydrogens (tertiary/aromatic N) is 4. The maximum absolute atomic E-state index is 12.6. The van der Waals surface area contributed by atoms with Gasteiger partial charge in [-0.25, -0.2) is 9.97 Å². The predicted octanol–water partition coefficient (Wildman–Crippen LogP) is 4.03. The zero-order valence-corrected chi connectivity index (χ0v) is 15.0. The van der Waals surface area contributed by atoms with Crippen LogP contribution in [0.1, 0.15) is 10.4 Å². The number of hydrogen-bond acceptors (Lipinski definition) is 5. The number of carbonyl (C=O) groups is 1. The Balaban J connectivity index is 1.45. The van der Waals surface area contributed by atoms with Crippen LogP contribution in [0.4, 0.5) is 5.82 Å². The Morgan fingerprint density at radius 1 is 1.07 bits per heavy atom. The maximum Gasteiger partial charge on any atom is 0.256 e. The average Bonchev–Trinajstić information content (AvgIpc) is 3.35. The molecule has 1 N–H and O–H groups in total. The monoisotopic (exact) mass is 369 g/mol. The number of furan rings is 1. The number of nitrogens with one attached hydrogen (secondary N) is 1. The summed E-state index contributed by atoms with van der Waals surface area (Å²) in [4.78, 5) is 21.6. The molecule has 0 unspecified atom stereocenters. The summed E-state index contributed by atoms with van der Waals surface area (Å²) >= 11 is 0. The summed E-state index contributed by atoms with van der Waals surface area (Å²) in [6.45, 7) is 0. The summed E-state index contributed by atoms with van der Waals surface area (Å²) in [5.74, 6) is 0.182. The van der Waals surface area contributed by atoms with E-state index < -0.39 is 0 Å². The average molecular weight is 369 g/mol. The lowest BCUT2D eigenvalue weighted by Gasteiger charge is -2.06. The molecule has 4 aromatic heterocycles. The predicted molar refractivity (Wildman–Crippen MR) is 106 cm³/mol. The quantitative estimate of drug-likeness (QED) is 0.519. The van der Waals surface area contributed by atoms with Gasteiger partial charge in [0.2, 0.25) is 0 Å². The zero-order valence-electron chi connectivity index (χ0n) is 15.0. The summed E-state index contributed by atoms with van der Waals surface area (Å²) in [6, 6.07) is 12.8. The molecular formula is C21H15N5O2. The Bertz CT molecular complexity index is 1340. The SMILES string of the molecule is Cn1cc(-c2ccc3cnc(NC(=O)c4ccc5ccoc5c4)cc3n2)cn1. The van der Waals surface area contributed by atoms with Crippen molar-refractivity contribution in [2.24, 2.45) is 7.05 Å². The van der Waals surface area contributed by atoms with E-state index in [4.69, 9.17) is 4.42 Å². The van der Waals surface area contributed by atoms with Gasteiger partial charge in [0, 0.05) is 47.4 Å². The van der Waals surface area contributed by atoms with E-state index >= 15 is 0 Å². The molecule has 0 aliphatic rings. The van der Waals surface area contributed by atoms with E-state index in [9.17, 15) is 4.79 Å². The Morgan fingerprint density at radius 2 is 1.96 bits per heavy atom. The highest BCUT2D eigenvalue weighted by Gasteiger charge is 2.10. The minimum atomic E-state index is -0.256. The Hall–Kier alpha value is -4.00. The van der Waals surface area contributed by atoms with Crippen LogP contribution >= 0.6 is 0 Å². The molecule has 0 radical (unpaired) electrons. The van der Waals surface area contributed by atoms with Crippen molar-refractivity contribution < 1.29 is 9.21 Å². The summed E-state index contributed by atoms with van der Waals surface area (Å²) in [5.41, 5.74) is 3.65. The lowest BCUT2D eigenvalue weighted by Crippen LogP contribution is -2.12. The molecule has 1 aromatic carbocycles. The van der Waals surface area contributed by atoms with Crippen LogP contribution in [-0.4, -0.2) is 25.7 Å². The standard InChI is InChI=1S/C21H15N5O2/c1-26-12-16(11-23-26)17-5-4-15-10-22-20(9-18(15)24-17)25-21(27)14-3-2-13-6-7-28-19(13)8-14/h2-12H,1H3,(H,22,25,27). The first-order valence-electron chi connectivity index (χ1n) is 8.70. The van der Waals surface area contributed by atoms with E-state index in [1.54, 1.807) is 41.5 Å². The normalized spacial score (nSPS) is 11.2. The van der Waals surface area contributed by atoms with Crippen LogP contribution in [0.25, 0.3) is 33.1 Å². The minimum Gasteiger partial charge on any atom is -0.464 e. The highest BCUT2D eigenvalue weighted by atomic mass is 16.3. The number of aryl methyl sites for hydroxylation is 1. The highest BCUT2D eigenvalue weighted by molar-refractivity contribution is 6.06. The third kappa shape index (κ3) is 2.88. The van der Waals surface area contributed by atoms with Crippen LogP contribution in [0.3, 0.4) is 0 Å². The van der Waals surface area contributed by atoms with Crippen LogP contribution in [0.2, 0.25) is 0 Å². The number of hydrogen-bond donors (Lipinski definition) is 1. The summed E-state index contributed by atoms with van der Waals surface area (Å²) in [6.07, 6.45) is 6.97. The lowest BCUT2D eigenvalue weighted by atomic mass is 10.1. The number of benzene rings is 1. The number of anilines is 1. The topological polar surface area (TPSA) is 85.8 Å². The molecule has 0 fully saturated rings. The maximum atomic E-state index is 12.6. The van der Waals surface area contributed by atoms with Crippen molar-refractivity contribution in [1.82, 2.24) is 19.7 Å². The second-order valence-corrected chi connectivity index (χ2v) is 6.49. The summed E-state index contributed by atoms with van der Waals surface area (Å²) in [5, 5.41) is 8.85. The molecule has 5 aromatic rings. The van der Waals surface area contributed by atoms with Gasteiger partial charge in [0.25, 0.3) is 5.91 Å². The van der Waals surface area contributed by atoms with E-state index in [-0.39, 0.29) is 5.91 Å². The molecule has 28 heavy (non-hydrogen) atoms. The van der Waals surface area contributed by atoms with Crippen molar-refractivity contribution in [3.63, 3.8) is 0 Å². The van der Waals surface area contributed by atoms with Gasteiger partial charge in [0.1, 0.15) is 11.4 Å². The largest absolute Gasteiger partial charge is 0.464 e. The zero-order chi connectivity index (χ0) is 19.1. The summed E-state index contributed by atoms with van der Waals surface area (Å²) < 4.78 is 7.09. The van der Waals surface area contributed by atoms with Crippen LogP contribution < -0.4 is 5.32 Å². The van der Waals surface area contributed by atoms with Gasteiger partial charge in [-0.05, 0) is 30.3 Å². The van der Waals surface area contributed by atoms with E-state index in [1.165, 1.54) is 0 Å². The van der Waals surface area contributed by atoms with Gasteiger partial charge in [0.15, 0.2) is 0 Å². The van der Waals surface area contributed by atoms with E-state index in [1.807, 2.05) is 37.5 Å². The van der Waals surface area contributed by atoms with Gasteiger partial charge >= 0.3 is 0 Å².